The number of hydrogen-bond donors (Lipinski definition) is 1. The van der Waals surface area contributed by atoms with Crippen LogP contribution in [0.4, 0.5) is 0 Å². The first-order chi connectivity index (χ1) is 8.06. The standard InChI is InChI=1S/C13H12N2O2/c1-8(16)10-3-5-11(6-4-10)12-7-13(17)15-9(2)14-12/h3-7H,1-2H3,(H,14,15,17). The Hall–Kier alpha value is -2.23. The van der Waals surface area contributed by atoms with Gasteiger partial charge in [-0.3, -0.25) is 9.59 Å². The van der Waals surface area contributed by atoms with Gasteiger partial charge in [0.15, 0.2) is 5.78 Å². The maximum absolute atomic E-state index is 11.3. The van der Waals surface area contributed by atoms with E-state index in [1.165, 1.54) is 13.0 Å². The molecule has 0 saturated carbocycles. The first-order valence-electron chi connectivity index (χ1n) is 5.25. The molecular weight excluding hydrogens is 216 g/mol. The van der Waals surface area contributed by atoms with E-state index in [-0.39, 0.29) is 11.3 Å². The number of ketones is 1. The van der Waals surface area contributed by atoms with Gasteiger partial charge in [0.2, 0.25) is 0 Å². The maximum atomic E-state index is 11.3. The van der Waals surface area contributed by atoms with Crippen molar-refractivity contribution in [3.05, 3.63) is 52.1 Å². The lowest BCUT2D eigenvalue weighted by molar-refractivity contribution is 0.101. The molecule has 4 nitrogen and oxygen atoms in total. The predicted molar refractivity (Wildman–Crippen MR) is 65.0 cm³/mol. The van der Waals surface area contributed by atoms with Crippen molar-refractivity contribution in [2.75, 3.05) is 0 Å². The van der Waals surface area contributed by atoms with Crippen molar-refractivity contribution in [3.63, 3.8) is 0 Å². The Morgan fingerprint density at radius 3 is 2.41 bits per heavy atom. The molecule has 2 rings (SSSR count). The summed E-state index contributed by atoms with van der Waals surface area (Å²) in [6, 6.07) is 8.48. The summed E-state index contributed by atoms with van der Waals surface area (Å²) >= 11 is 0. The van der Waals surface area contributed by atoms with E-state index in [2.05, 4.69) is 9.97 Å². The fraction of sp³-hybridized carbons (Fsp3) is 0.154. The van der Waals surface area contributed by atoms with Gasteiger partial charge in [0.25, 0.3) is 5.56 Å². The average molecular weight is 228 g/mol. The van der Waals surface area contributed by atoms with Crippen molar-refractivity contribution in [3.8, 4) is 11.3 Å². The van der Waals surface area contributed by atoms with Gasteiger partial charge in [-0.1, -0.05) is 24.3 Å². The average Bonchev–Trinajstić information content (AvgIpc) is 2.28. The molecule has 0 saturated heterocycles. The van der Waals surface area contributed by atoms with Crippen LogP contribution in [0.1, 0.15) is 23.1 Å². The highest BCUT2D eigenvalue weighted by Crippen LogP contribution is 2.16. The molecule has 0 aliphatic rings. The van der Waals surface area contributed by atoms with Crippen molar-refractivity contribution < 1.29 is 4.79 Å². The van der Waals surface area contributed by atoms with Gasteiger partial charge in [-0.2, -0.15) is 0 Å². The second-order valence-electron chi connectivity index (χ2n) is 3.85. The van der Waals surface area contributed by atoms with Gasteiger partial charge >= 0.3 is 0 Å². The summed E-state index contributed by atoms with van der Waals surface area (Å²) in [4.78, 5) is 29.3. The van der Waals surface area contributed by atoms with Crippen LogP contribution < -0.4 is 5.56 Å². The summed E-state index contributed by atoms with van der Waals surface area (Å²) in [5, 5.41) is 0. The van der Waals surface area contributed by atoms with Crippen molar-refractivity contribution in [1.29, 1.82) is 0 Å². The minimum atomic E-state index is -0.178. The van der Waals surface area contributed by atoms with Crippen LogP contribution in [0.25, 0.3) is 11.3 Å². The van der Waals surface area contributed by atoms with Crippen LogP contribution in [-0.2, 0) is 0 Å². The molecular formula is C13H12N2O2. The predicted octanol–water partition coefficient (Wildman–Crippen LogP) is 1.95. The third-order valence-electron chi connectivity index (χ3n) is 2.45. The number of benzene rings is 1. The highest BCUT2D eigenvalue weighted by Gasteiger charge is 2.03. The third-order valence-corrected chi connectivity index (χ3v) is 2.45. The molecule has 0 radical (unpaired) electrons. The molecule has 0 unspecified atom stereocenters. The van der Waals surface area contributed by atoms with Gasteiger partial charge in [0, 0.05) is 17.2 Å². The van der Waals surface area contributed by atoms with Crippen LogP contribution in [0, 0.1) is 6.92 Å². The molecule has 0 spiro atoms. The molecule has 0 atom stereocenters. The maximum Gasteiger partial charge on any atom is 0.251 e. The van der Waals surface area contributed by atoms with Crippen LogP contribution in [0.15, 0.2) is 35.1 Å². The zero-order valence-electron chi connectivity index (χ0n) is 9.65. The van der Waals surface area contributed by atoms with Crippen molar-refractivity contribution in [2.45, 2.75) is 13.8 Å². The molecule has 1 aromatic heterocycles. The van der Waals surface area contributed by atoms with Gasteiger partial charge in [0.05, 0.1) is 5.69 Å². The van der Waals surface area contributed by atoms with Gasteiger partial charge in [-0.25, -0.2) is 4.98 Å². The van der Waals surface area contributed by atoms with E-state index in [9.17, 15) is 9.59 Å². The lowest BCUT2D eigenvalue weighted by atomic mass is 10.1. The SMILES string of the molecule is CC(=O)c1ccc(-c2cc(=O)[nH]c(C)n2)cc1. The zero-order valence-corrected chi connectivity index (χ0v) is 9.65. The lowest BCUT2D eigenvalue weighted by Crippen LogP contribution is -2.08. The summed E-state index contributed by atoms with van der Waals surface area (Å²) < 4.78 is 0. The number of carbonyl (C=O) groups is 1. The first-order valence-corrected chi connectivity index (χ1v) is 5.25. The van der Waals surface area contributed by atoms with Crippen LogP contribution >= 0.6 is 0 Å². The smallest absolute Gasteiger partial charge is 0.251 e. The number of carbonyl (C=O) groups excluding carboxylic acids is 1. The number of rotatable bonds is 2. The van der Waals surface area contributed by atoms with Crippen molar-refractivity contribution in [1.82, 2.24) is 9.97 Å². The van der Waals surface area contributed by atoms with Crippen molar-refractivity contribution >= 4 is 5.78 Å². The molecule has 1 N–H and O–H groups in total. The molecule has 1 aromatic carbocycles. The Labute approximate surface area is 98.3 Å². The fourth-order valence-corrected chi connectivity index (χ4v) is 1.60. The number of hydrogen-bond acceptors (Lipinski definition) is 3. The number of nitrogens with zero attached hydrogens (tertiary/aromatic N) is 1. The van der Waals surface area contributed by atoms with Crippen LogP contribution in [0.3, 0.4) is 0 Å². The normalized spacial score (nSPS) is 10.2. The molecule has 2 aromatic rings. The highest BCUT2D eigenvalue weighted by atomic mass is 16.1. The molecule has 1 heterocycles. The highest BCUT2D eigenvalue weighted by molar-refractivity contribution is 5.94. The fourth-order valence-electron chi connectivity index (χ4n) is 1.60. The Morgan fingerprint density at radius 2 is 1.88 bits per heavy atom. The lowest BCUT2D eigenvalue weighted by Gasteiger charge is -2.02. The number of aryl methyl sites for hydroxylation is 1. The minimum Gasteiger partial charge on any atom is -0.311 e. The van der Waals surface area contributed by atoms with Crippen LogP contribution in [0.2, 0.25) is 0 Å². The van der Waals surface area contributed by atoms with E-state index in [4.69, 9.17) is 0 Å². The summed E-state index contributed by atoms with van der Waals surface area (Å²) in [6.45, 7) is 3.25. The topological polar surface area (TPSA) is 62.8 Å². The molecule has 0 bridgehead atoms. The number of H-pyrrole nitrogens is 1. The van der Waals surface area contributed by atoms with Gasteiger partial charge < -0.3 is 4.98 Å². The monoisotopic (exact) mass is 228 g/mol. The second-order valence-corrected chi connectivity index (χ2v) is 3.85. The summed E-state index contributed by atoms with van der Waals surface area (Å²) in [7, 11) is 0. The number of aromatic nitrogens is 2. The van der Waals surface area contributed by atoms with E-state index < -0.39 is 0 Å². The molecule has 86 valence electrons. The molecule has 4 heteroatoms. The number of aromatic amines is 1. The van der Waals surface area contributed by atoms with Crippen molar-refractivity contribution in [2.24, 2.45) is 0 Å². The van der Waals surface area contributed by atoms with E-state index in [1.54, 1.807) is 31.2 Å². The molecule has 0 aliphatic heterocycles. The minimum absolute atomic E-state index is 0.0200. The Balaban J connectivity index is 2.46. The Morgan fingerprint density at radius 1 is 1.24 bits per heavy atom. The third kappa shape index (κ3) is 2.47. The molecule has 17 heavy (non-hydrogen) atoms. The quantitative estimate of drug-likeness (QED) is 0.799. The largest absolute Gasteiger partial charge is 0.311 e. The summed E-state index contributed by atoms with van der Waals surface area (Å²) in [5.41, 5.74) is 1.91. The van der Waals surface area contributed by atoms with Crippen LogP contribution in [0.5, 0.6) is 0 Å². The first kappa shape index (κ1) is 11.3. The van der Waals surface area contributed by atoms with E-state index in [1.807, 2.05) is 0 Å². The summed E-state index contributed by atoms with van der Waals surface area (Å²) in [5.74, 6) is 0.592. The Kier molecular flexibility index (Phi) is 2.87. The van der Waals surface area contributed by atoms with Crippen LogP contribution in [-0.4, -0.2) is 15.8 Å². The molecule has 0 amide bonds. The van der Waals surface area contributed by atoms with Gasteiger partial charge in [0.1, 0.15) is 5.82 Å². The second kappa shape index (κ2) is 4.33. The summed E-state index contributed by atoms with van der Waals surface area (Å²) in [6.07, 6.45) is 0. The number of Topliss-reactive ketones (excluding diaryl/α,β-unsaturated/α-hetero) is 1. The molecule has 0 aliphatic carbocycles. The van der Waals surface area contributed by atoms with Gasteiger partial charge in [-0.05, 0) is 13.8 Å². The van der Waals surface area contributed by atoms with Gasteiger partial charge in [-0.15, -0.1) is 0 Å². The number of nitrogens with one attached hydrogen (secondary N) is 1. The molecule has 0 fully saturated rings. The van der Waals surface area contributed by atoms with E-state index in [0.717, 1.165) is 5.56 Å². The zero-order chi connectivity index (χ0) is 12.4. The van der Waals surface area contributed by atoms with E-state index in [0.29, 0.717) is 17.1 Å². The Bertz CT molecular complexity index is 612. The van der Waals surface area contributed by atoms with E-state index >= 15 is 0 Å².